The number of aromatic nitrogens is 1. The van der Waals surface area contributed by atoms with E-state index in [-0.39, 0.29) is 11.4 Å². The summed E-state index contributed by atoms with van der Waals surface area (Å²) in [5.74, 6) is -1.04. The molecule has 92 valence electrons. The average molecular weight is 254 g/mol. The minimum absolute atomic E-state index is 0.0835. The highest BCUT2D eigenvalue weighted by atomic mass is 19.1. The Bertz CT molecular complexity index is 758. The zero-order chi connectivity index (χ0) is 13.0. The Morgan fingerprint density at radius 3 is 3.11 bits per heavy atom. The quantitative estimate of drug-likeness (QED) is 0.880. The van der Waals surface area contributed by atoms with Crippen LogP contribution in [0.2, 0.25) is 0 Å². The van der Waals surface area contributed by atoms with E-state index in [0.29, 0.717) is 0 Å². The van der Waals surface area contributed by atoms with Crippen LogP contribution in [0.5, 0.6) is 0 Å². The van der Waals surface area contributed by atoms with E-state index in [0.717, 1.165) is 29.5 Å². The summed E-state index contributed by atoms with van der Waals surface area (Å²) in [6, 6.07) is 1.40. The average Bonchev–Trinajstić information content (AvgIpc) is 2.89. The predicted octanol–water partition coefficient (Wildman–Crippen LogP) is 2.48. The van der Waals surface area contributed by atoms with Crippen molar-refractivity contribution >= 4 is 11.6 Å². The van der Waals surface area contributed by atoms with Crippen molar-refractivity contribution in [3.8, 4) is 0 Å². The molecule has 1 N–H and O–H groups in total. The molecule has 0 atom stereocenters. The molecule has 1 aliphatic heterocycles. The Morgan fingerprint density at radius 2 is 2.26 bits per heavy atom. The summed E-state index contributed by atoms with van der Waals surface area (Å²) in [6.45, 7) is 0. The summed E-state index contributed by atoms with van der Waals surface area (Å²) in [7, 11) is 0. The summed E-state index contributed by atoms with van der Waals surface area (Å²) in [6.07, 6.45) is 5.31. The van der Waals surface area contributed by atoms with Crippen LogP contribution in [0.15, 0.2) is 62.9 Å². The molecule has 2 aliphatic carbocycles. The Balaban J connectivity index is 1.65. The molecule has 0 spiro atoms. The Morgan fingerprint density at radius 1 is 1.37 bits per heavy atom. The lowest BCUT2D eigenvalue weighted by atomic mass is 10.1. The van der Waals surface area contributed by atoms with Gasteiger partial charge in [0, 0.05) is 18.2 Å². The number of rotatable bonds is 2. The van der Waals surface area contributed by atoms with Crippen LogP contribution in [0.4, 0.5) is 10.1 Å². The van der Waals surface area contributed by atoms with E-state index in [1.54, 1.807) is 0 Å². The van der Waals surface area contributed by atoms with Gasteiger partial charge in [0.2, 0.25) is 0 Å². The number of carbonyl (C=O) groups is 1. The number of halogens is 1. The number of hydrogen-bond donors (Lipinski definition) is 1. The first-order chi connectivity index (χ1) is 9.24. The number of nitrogens with zero attached hydrogens (tertiary/aromatic N) is 3. The minimum atomic E-state index is -0.581. The molecular formula is C13H7FN4O. The number of pyridine rings is 1. The Kier molecular flexibility index (Phi) is 1.87. The minimum Gasteiger partial charge on any atom is -0.318 e. The molecular weight excluding hydrogens is 247 g/mol. The summed E-state index contributed by atoms with van der Waals surface area (Å²) in [5.41, 5.74) is 4.22. The van der Waals surface area contributed by atoms with Crippen LogP contribution in [-0.2, 0) is 4.79 Å². The molecule has 0 unspecified atom stereocenters. The third kappa shape index (κ3) is 1.46. The van der Waals surface area contributed by atoms with Crippen molar-refractivity contribution in [2.75, 3.05) is 5.32 Å². The number of azo groups is 1. The highest BCUT2D eigenvalue weighted by Gasteiger charge is 2.38. The molecule has 3 aliphatic rings. The van der Waals surface area contributed by atoms with Gasteiger partial charge in [-0.05, 0) is 23.3 Å². The first-order valence-electron chi connectivity index (χ1n) is 5.75. The molecule has 5 nitrogen and oxygen atoms in total. The smallest absolute Gasteiger partial charge is 0.276 e. The van der Waals surface area contributed by atoms with Crippen molar-refractivity contribution < 1.29 is 9.18 Å². The van der Waals surface area contributed by atoms with Gasteiger partial charge in [-0.1, -0.05) is 0 Å². The first-order valence-corrected chi connectivity index (χ1v) is 5.75. The summed E-state index contributed by atoms with van der Waals surface area (Å²) < 4.78 is 13.4. The predicted molar refractivity (Wildman–Crippen MR) is 64.4 cm³/mol. The molecule has 1 amide bonds. The van der Waals surface area contributed by atoms with Crippen molar-refractivity contribution in [2.24, 2.45) is 10.2 Å². The van der Waals surface area contributed by atoms with Crippen LogP contribution in [0.25, 0.3) is 0 Å². The SMILES string of the molecule is O=C(Nc1ccncc1F)C1=C2C=C3CC3=C2N=N1. The number of allylic oxidation sites excluding steroid dienone is 3. The second-order valence-electron chi connectivity index (χ2n) is 4.45. The largest absolute Gasteiger partial charge is 0.318 e. The monoisotopic (exact) mass is 254 g/mol. The molecule has 6 heteroatoms. The number of nitrogens with one attached hydrogen (secondary N) is 1. The maximum absolute atomic E-state index is 13.4. The molecule has 0 aromatic carbocycles. The normalized spacial score (nSPS) is 18.5. The number of anilines is 1. The van der Waals surface area contributed by atoms with Crippen LogP contribution in [-0.4, -0.2) is 10.9 Å². The molecule has 2 heterocycles. The summed E-state index contributed by atoms with van der Waals surface area (Å²) in [5, 5.41) is 10.4. The third-order valence-electron chi connectivity index (χ3n) is 3.23. The molecule has 0 bridgehead atoms. The van der Waals surface area contributed by atoms with Crippen molar-refractivity contribution in [1.29, 1.82) is 0 Å². The second-order valence-corrected chi connectivity index (χ2v) is 4.45. The molecule has 4 rings (SSSR count). The van der Waals surface area contributed by atoms with Crippen molar-refractivity contribution in [3.05, 3.63) is 58.5 Å². The van der Waals surface area contributed by atoms with E-state index in [2.05, 4.69) is 20.5 Å². The number of hydrogen-bond acceptors (Lipinski definition) is 4. The van der Waals surface area contributed by atoms with Gasteiger partial charge in [0.25, 0.3) is 5.91 Å². The standard InChI is InChI=1S/C13H7FN4O/c14-9-5-15-2-1-10(9)16-13(19)12-8-4-6-3-7(6)11(8)17-18-12/h1-2,4-5H,3H2,(H,15,16,19). The van der Waals surface area contributed by atoms with Crippen LogP contribution >= 0.6 is 0 Å². The van der Waals surface area contributed by atoms with Gasteiger partial charge in [-0.3, -0.25) is 9.78 Å². The molecule has 19 heavy (non-hydrogen) atoms. The maximum atomic E-state index is 13.4. The van der Waals surface area contributed by atoms with Gasteiger partial charge in [-0.15, -0.1) is 10.2 Å². The zero-order valence-electron chi connectivity index (χ0n) is 9.64. The van der Waals surface area contributed by atoms with Gasteiger partial charge in [0.1, 0.15) is 0 Å². The number of fused-ring (bicyclic) bond motifs is 2. The fourth-order valence-electron chi connectivity index (χ4n) is 2.20. The van der Waals surface area contributed by atoms with E-state index in [1.165, 1.54) is 17.8 Å². The molecule has 1 aromatic heterocycles. The lowest BCUT2D eigenvalue weighted by Gasteiger charge is -2.04. The van der Waals surface area contributed by atoms with Gasteiger partial charge >= 0.3 is 0 Å². The van der Waals surface area contributed by atoms with Crippen molar-refractivity contribution in [2.45, 2.75) is 6.42 Å². The lowest BCUT2D eigenvalue weighted by Crippen LogP contribution is -2.14. The van der Waals surface area contributed by atoms with Gasteiger partial charge in [-0.2, -0.15) is 0 Å². The van der Waals surface area contributed by atoms with E-state index >= 15 is 0 Å². The summed E-state index contributed by atoms with van der Waals surface area (Å²) in [4.78, 5) is 15.7. The Hall–Kier alpha value is -2.63. The van der Waals surface area contributed by atoms with Crippen LogP contribution in [0.1, 0.15) is 6.42 Å². The van der Waals surface area contributed by atoms with Gasteiger partial charge in [0.05, 0.1) is 17.6 Å². The van der Waals surface area contributed by atoms with Crippen molar-refractivity contribution in [1.82, 2.24) is 4.98 Å². The van der Waals surface area contributed by atoms with E-state index in [9.17, 15) is 9.18 Å². The van der Waals surface area contributed by atoms with Gasteiger partial charge in [-0.25, -0.2) is 4.39 Å². The van der Waals surface area contributed by atoms with E-state index in [1.807, 2.05) is 6.08 Å². The molecule has 1 aromatic rings. The highest BCUT2D eigenvalue weighted by molar-refractivity contribution is 6.05. The first kappa shape index (κ1) is 10.3. The molecule has 1 saturated carbocycles. The fraction of sp³-hybridized carbons (Fsp3) is 0.0769. The third-order valence-corrected chi connectivity index (χ3v) is 3.23. The van der Waals surface area contributed by atoms with Gasteiger partial charge < -0.3 is 5.32 Å². The van der Waals surface area contributed by atoms with Crippen LogP contribution < -0.4 is 5.32 Å². The number of carbonyl (C=O) groups excluding carboxylic acids is 1. The fourth-order valence-corrected chi connectivity index (χ4v) is 2.20. The topological polar surface area (TPSA) is 66.7 Å². The van der Waals surface area contributed by atoms with Crippen LogP contribution in [0.3, 0.4) is 0 Å². The second kappa shape index (κ2) is 3.44. The zero-order valence-corrected chi connectivity index (χ0v) is 9.64. The van der Waals surface area contributed by atoms with Crippen LogP contribution in [0, 0.1) is 5.82 Å². The molecule has 1 fully saturated rings. The molecule has 0 saturated heterocycles. The van der Waals surface area contributed by atoms with Gasteiger partial charge in [0.15, 0.2) is 11.5 Å². The van der Waals surface area contributed by atoms with E-state index < -0.39 is 11.7 Å². The summed E-state index contributed by atoms with van der Waals surface area (Å²) >= 11 is 0. The van der Waals surface area contributed by atoms with Crippen molar-refractivity contribution in [3.63, 3.8) is 0 Å². The highest BCUT2D eigenvalue weighted by Crippen LogP contribution is 2.51. The maximum Gasteiger partial charge on any atom is 0.276 e. The molecule has 0 radical (unpaired) electrons. The Labute approximate surface area is 107 Å². The lowest BCUT2D eigenvalue weighted by molar-refractivity contribution is -0.112. The van der Waals surface area contributed by atoms with E-state index in [4.69, 9.17) is 0 Å². The number of amides is 1.